The summed E-state index contributed by atoms with van der Waals surface area (Å²) in [6.45, 7) is 3.05. The monoisotopic (exact) mass is 554 g/mol. The lowest BCUT2D eigenvalue weighted by Crippen LogP contribution is -2.37. The normalized spacial score (nSPS) is 18.6. The summed E-state index contributed by atoms with van der Waals surface area (Å²) in [7, 11) is 0. The summed E-state index contributed by atoms with van der Waals surface area (Å²) in [5, 5.41) is 13.0. The topological polar surface area (TPSA) is 104 Å². The van der Waals surface area contributed by atoms with Gasteiger partial charge in [0, 0.05) is 50.0 Å². The number of rotatable bonds is 6. The molecule has 1 aromatic carbocycles. The second kappa shape index (κ2) is 10.2. The molecule has 1 aliphatic carbocycles. The van der Waals surface area contributed by atoms with Gasteiger partial charge in [0.15, 0.2) is 0 Å². The molecule has 3 aromatic rings. The van der Waals surface area contributed by atoms with Crippen molar-refractivity contribution < 1.29 is 27.8 Å². The molecule has 0 radical (unpaired) electrons. The second-order valence-electron chi connectivity index (χ2n) is 10.3. The van der Waals surface area contributed by atoms with Gasteiger partial charge in [-0.15, -0.1) is 0 Å². The van der Waals surface area contributed by atoms with Crippen LogP contribution in [0.15, 0.2) is 42.6 Å². The van der Waals surface area contributed by atoms with Gasteiger partial charge in [0.05, 0.1) is 29.9 Å². The van der Waals surface area contributed by atoms with E-state index in [4.69, 9.17) is 14.7 Å². The van der Waals surface area contributed by atoms with Crippen molar-refractivity contribution in [1.82, 2.24) is 15.0 Å². The fourth-order valence-electron chi connectivity index (χ4n) is 5.44. The van der Waals surface area contributed by atoms with Crippen LogP contribution in [0.5, 0.6) is 0 Å². The van der Waals surface area contributed by atoms with E-state index in [2.05, 4.69) is 10.3 Å². The van der Waals surface area contributed by atoms with Crippen LogP contribution in [0.4, 0.5) is 36.4 Å². The second-order valence-corrected chi connectivity index (χ2v) is 10.3. The molecule has 1 saturated heterocycles. The Bertz CT molecular complexity index is 1410. The van der Waals surface area contributed by atoms with E-state index in [0.29, 0.717) is 76.8 Å². The van der Waals surface area contributed by atoms with Crippen molar-refractivity contribution in [3.63, 3.8) is 0 Å². The quantitative estimate of drug-likeness (QED) is 0.464. The molecule has 12 heteroatoms. The van der Waals surface area contributed by atoms with E-state index in [9.17, 15) is 23.1 Å². The number of carboxylic acids is 1. The highest BCUT2D eigenvalue weighted by molar-refractivity contribution is 5.85. The predicted molar refractivity (Wildman–Crippen MR) is 142 cm³/mol. The minimum atomic E-state index is -4.51. The minimum Gasteiger partial charge on any atom is -0.481 e. The molecule has 1 saturated carbocycles. The zero-order valence-electron chi connectivity index (χ0n) is 21.7. The fraction of sp³-hybridized carbons (Fsp3) is 0.429. The van der Waals surface area contributed by atoms with Gasteiger partial charge < -0.3 is 25.0 Å². The Morgan fingerprint density at radius 1 is 0.975 bits per heavy atom. The molecule has 3 aliphatic rings. The maximum atomic E-state index is 13.7. The van der Waals surface area contributed by atoms with E-state index in [0.717, 1.165) is 28.6 Å². The summed E-state index contributed by atoms with van der Waals surface area (Å²) in [6.07, 6.45) is -1.02. The largest absolute Gasteiger partial charge is 0.481 e. The van der Waals surface area contributed by atoms with E-state index < -0.39 is 23.1 Å². The number of morpholine rings is 1. The number of anilines is 4. The van der Waals surface area contributed by atoms with Crippen molar-refractivity contribution in [2.75, 3.05) is 54.5 Å². The summed E-state index contributed by atoms with van der Waals surface area (Å²) < 4.78 is 46.7. The number of carboxylic acid groups (broad SMARTS) is 1. The number of halogens is 3. The Kier molecular flexibility index (Phi) is 6.73. The van der Waals surface area contributed by atoms with Gasteiger partial charge in [-0.3, -0.25) is 4.79 Å². The van der Waals surface area contributed by atoms with Gasteiger partial charge in [-0.2, -0.15) is 18.2 Å². The smallest absolute Gasteiger partial charge is 0.419 e. The molecule has 0 unspecified atom stereocenters. The summed E-state index contributed by atoms with van der Waals surface area (Å²) in [5.41, 5.74) is 1.59. The van der Waals surface area contributed by atoms with Gasteiger partial charge in [-0.1, -0.05) is 12.1 Å². The average Bonchev–Trinajstić information content (AvgIpc) is 3.78. The molecular formula is C28H29F3N6O3. The SMILES string of the molecule is O=C(O)C1(c2ccc(Nc3nc(N4CCOCC4)nc4c3CCN(c3ncccc3C(F)(F)F)CC4)cc2)CC1. The Morgan fingerprint density at radius 2 is 1.70 bits per heavy atom. The van der Waals surface area contributed by atoms with Crippen LogP contribution in [-0.4, -0.2) is 65.4 Å². The molecule has 2 aromatic heterocycles. The van der Waals surface area contributed by atoms with Crippen LogP contribution in [0, 0.1) is 0 Å². The first-order valence-electron chi connectivity index (χ1n) is 13.4. The number of aliphatic carboxylic acids is 1. The third-order valence-corrected chi connectivity index (χ3v) is 7.88. The van der Waals surface area contributed by atoms with Crippen LogP contribution in [-0.2, 0) is 34.0 Å². The Balaban J connectivity index is 1.31. The molecular weight excluding hydrogens is 525 g/mol. The minimum absolute atomic E-state index is 0.0818. The molecule has 4 heterocycles. The maximum absolute atomic E-state index is 13.7. The molecule has 2 fully saturated rings. The average molecular weight is 555 g/mol. The maximum Gasteiger partial charge on any atom is 0.419 e. The summed E-state index contributed by atoms with van der Waals surface area (Å²) in [4.78, 5) is 29.2. The van der Waals surface area contributed by atoms with Crippen LogP contribution < -0.4 is 15.1 Å². The van der Waals surface area contributed by atoms with Gasteiger partial charge in [-0.05, 0) is 49.1 Å². The number of aromatic nitrogens is 3. The molecule has 9 nitrogen and oxygen atoms in total. The number of benzene rings is 1. The molecule has 0 amide bonds. The molecule has 0 atom stereocenters. The van der Waals surface area contributed by atoms with Crippen molar-refractivity contribution >= 4 is 29.2 Å². The predicted octanol–water partition coefficient (Wildman–Crippen LogP) is 4.19. The molecule has 0 bridgehead atoms. The van der Waals surface area contributed by atoms with Gasteiger partial charge in [0.2, 0.25) is 5.95 Å². The first kappa shape index (κ1) is 26.3. The van der Waals surface area contributed by atoms with E-state index in [1.165, 1.54) is 12.3 Å². The number of nitrogens with one attached hydrogen (secondary N) is 1. The lowest BCUT2D eigenvalue weighted by molar-refractivity contribution is -0.140. The molecule has 40 heavy (non-hydrogen) atoms. The van der Waals surface area contributed by atoms with Crippen LogP contribution >= 0.6 is 0 Å². The number of hydrogen-bond donors (Lipinski definition) is 2. The highest BCUT2D eigenvalue weighted by atomic mass is 19.4. The van der Waals surface area contributed by atoms with E-state index in [1.54, 1.807) is 4.90 Å². The molecule has 210 valence electrons. The summed E-state index contributed by atoms with van der Waals surface area (Å²) >= 11 is 0. The zero-order valence-corrected chi connectivity index (χ0v) is 21.7. The Morgan fingerprint density at radius 3 is 2.38 bits per heavy atom. The summed E-state index contributed by atoms with van der Waals surface area (Å²) in [6, 6.07) is 9.69. The number of hydrogen-bond acceptors (Lipinski definition) is 8. The van der Waals surface area contributed by atoms with Crippen molar-refractivity contribution in [3.05, 3.63) is 65.0 Å². The van der Waals surface area contributed by atoms with Gasteiger partial charge >= 0.3 is 12.1 Å². The van der Waals surface area contributed by atoms with Crippen molar-refractivity contribution in [2.24, 2.45) is 0 Å². The van der Waals surface area contributed by atoms with Crippen LogP contribution in [0.1, 0.15) is 35.2 Å². The lowest BCUT2D eigenvalue weighted by atomic mass is 9.96. The van der Waals surface area contributed by atoms with Gasteiger partial charge in [-0.25, -0.2) is 9.97 Å². The Hall–Kier alpha value is -3.93. The van der Waals surface area contributed by atoms with Crippen molar-refractivity contribution in [1.29, 1.82) is 0 Å². The number of ether oxygens (including phenoxy) is 1. The number of nitrogens with zero attached hydrogens (tertiary/aromatic N) is 5. The highest BCUT2D eigenvalue weighted by Crippen LogP contribution is 2.48. The van der Waals surface area contributed by atoms with Crippen LogP contribution in [0.3, 0.4) is 0 Å². The molecule has 6 rings (SSSR count). The zero-order chi connectivity index (χ0) is 27.9. The van der Waals surface area contributed by atoms with E-state index in [-0.39, 0.29) is 5.82 Å². The molecule has 0 spiro atoms. The van der Waals surface area contributed by atoms with Crippen molar-refractivity contribution in [2.45, 2.75) is 37.3 Å². The van der Waals surface area contributed by atoms with Gasteiger partial charge in [0.25, 0.3) is 0 Å². The van der Waals surface area contributed by atoms with E-state index in [1.807, 2.05) is 29.2 Å². The number of pyridine rings is 1. The highest BCUT2D eigenvalue weighted by Gasteiger charge is 2.51. The fourth-order valence-corrected chi connectivity index (χ4v) is 5.44. The summed E-state index contributed by atoms with van der Waals surface area (Å²) in [5.74, 6) is 0.251. The lowest BCUT2D eigenvalue weighted by Gasteiger charge is -2.28. The van der Waals surface area contributed by atoms with Crippen LogP contribution in [0.25, 0.3) is 0 Å². The third-order valence-electron chi connectivity index (χ3n) is 7.88. The van der Waals surface area contributed by atoms with Crippen LogP contribution in [0.2, 0.25) is 0 Å². The number of alkyl halides is 3. The molecule has 2 N–H and O–H groups in total. The van der Waals surface area contributed by atoms with Gasteiger partial charge in [0.1, 0.15) is 11.6 Å². The standard InChI is InChI=1S/C28H29F3N6O3/c29-28(30,31)21-2-1-11-32-24(21)36-12-7-20-22(8-13-36)34-26(37-14-16-40-17-15-37)35-23(20)33-19-5-3-18(4-6-19)27(9-10-27)25(38)39/h1-6,11H,7-10,12-17H2,(H,38,39)(H,33,34,35). The molecule has 2 aliphatic heterocycles. The number of fused-ring (bicyclic) bond motifs is 1. The first-order chi connectivity index (χ1) is 19.2. The van der Waals surface area contributed by atoms with E-state index >= 15 is 0 Å². The number of carbonyl (C=O) groups is 1. The third kappa shape index (κ3) is 5.03. The Labute approximate surface area is 229 Å². The van der Waals surface area contributed by atoms with Crippen molar-refractivity contribution in [3.8, 4) is 0 Å². The first-order valence-corrected chi connectivity index (χ1v) is 13.4.